The van der Waals surface area contributed by atoms with Gasteiger partial charge in [-0.1, -0.05) is 19.9 Å². The summed E-state index contributed by atoms with van der Waals surface area (Å²) in [6, 6.07) is 5.66. The molecule has 0 bridgehead atoms. The van der Waals surface area contributed by atoms with Crippen molar-refractivity contribution in [3.8, 4) is 0 Å². The molecule has 0 aliphatic heterocycles. The van der Waals surface area contributed by atoms with E-state index < -0.39 is 0 Å². The second-order valence-electron chi connectivity index (χ2n) is 6.55. The van der Waals surface area contributed by atoms with E-state index in [0.29, 0.717) is 18.0 Å². The molecule has 4 heteroatoms. The number of hydrogen-bond donors (Lipinski definition) is 1. The first-order valence-electron chi connectivity index (χ1n) is 7.34. The average molecular weight is 309 g/mol. The van der Waals surface area contributed by atoms with Crippen LogP contribution in [0.25, 0.3) is 10.1 Å². The molecule has 0 saturated heterocycles. The van der Waals surface area contributed by atoms with E-state index in [0.717, 1.165) is 21.7 Å². The van der Waals surface area contributed by atoms with Crippen LogP contribution in [0.2, 0.25) is 0 Å². The molecule has 2 nitrogen and oxygen atoms in total. The van der Waals surface area contributed by atoms with Crippen molar-refractivity contribution in [2.24, 2.45) is 0 Å². The van der Waals surface area contributed by atoms with E-state index in [4.69, 9.17) is 4.74 Å². The Morgan fingerprint density at radius 2 is 2.00 bits per heavy atom. The molecule has 0 amide bonds. The summed E-state index contributed by atoms with van der Waals surface area (Å²) >= 11 is 1.65. The zero-order valence-corrected chi connectivity index (χ0v) is 14.2. The van der Waals surface area contributed by atoms with Gasteiger partial charge in [-0.2, -0.15) is 0 Å². The highest BCUT2D eigenvalue weighted by Gasteiger charge is 2.18. The first-order valence-corrected chi connectivity index (χ1v) is 8.15. The molecule has 0 spiro atoms. The molecule has 21 heavy (non-hydrogen) atoms. The lowest BCUT2D eigenvalue weighted by atomic mass is 10.1. The largest absolute Gasteiger partial charge is 0.371 e. The summed E-state index contributed by atoms with van der Waals surface area (Å²) < 4.78 is 21.1. The van der Waals surface area contributed by atoms with Crippen LogP contribution in [0.4, 0.5) is 4.39 Å². The van der Waals surface area contributed by atoms with E-state index >= 15 is 0 Å². The third kappa shape index (κ3) is 4.25. The fourth-order valence-corrected chi connectivity index (χ4v) is 3.27. The molecule has 2 aromatic rings. The van der Waals surface area contributed by atoms with Gasteiger partial charge in [-0.3, -0.25) is 0 Å². The maximum absolute atomic E-state index is 14.2. The zero-order valence-electron chi connectivity index (χ0n) is 13.4. The number of thiophene rings is 1. The predicted molar refractivity (Wildman–Crippen MR) is 88.3 cm³/mol. The maximum Gasteiger partial charge on any atom is 0.132 e. The molecule has 0 fully saturated rings. The van der Waals surface area contributed by atoms with Crippen molar-refractivity contribution < 1.29 is 9.13 Å². The third-order valence-electron chi connectivity index (χ3n) is 3.17. The summed E-state index contributed by atoms with van der Waals surface area (Å²) in [6.07, 6.45) is 0. The van der Waals surface area contributed by atoms with E-state index in [2.05, 4.69) is 19.2 Å². The van der Waals surface area contributed by atoms with Gasteiger partial charge in [-0.25, -0.2) is 4.39 Å². The Morgan fingerprint density at radius 1 is 1.29 bits per heavy atom. The highest BCUT2D eigenvalue weighted by Crippen LogP contribution is 2.34. The van der Waals surface area contributed by atoms with Crippen LogP contribution in [0.3, 0.4) is 0 Å². The molecule has 116 valence electrons. The topological polar surface area (TPSA) is 21.3 Å². The summed E-state index contributed by atoms with van der Waals surface area (Å²) in [6.45, 7) is 11.5. The second-order valence-corrected chi connectivity index (χ2v) is 7.69. The molecular weight excluding hydrogens is 285 g/mol. The van der Waals surface area contributed by atoms with Crippen molar-refractivity contribution in [3.63, 3.8) is 0 Å². The summed E-state index contributed by atoms with van der Waals surface area (Å²) in [5.41, 5.74) is 0.749. The first kappa shape index (κ1) is 16.4. The highest BCUT2D eigenvalue weighted by atomic mass is 32.1. The summed E-state index contributed by atoms with van der Waals surface area (Å²) in [4.78, 5) is 1.16. The molecule has 0 atom stereocenters. The van der Waals surface area contributed by atoms with Crippen LogP contribution in [0.5, 0.6) is 0 Å². The number of hydrogen-bond acceptors (Lipinski definition) is 3. The zero-order chi connectivity index (χ0) is 15.6. The lowest BCUT2D eigenvalue weighted by Crippen LogP contribution is -2.23. The number of halogens is 1. The molecule has 2 rings (SSSR count). The van der Waals surface area contributed by atoms with Crippen molar-refractivity contribution in [2.45, 2.75) is 59.4 Å². The SMILES string of the molecule is CC(C)NCc1sc2cccc(F)c2c1COC(C)(C)C. The maximum atomic E-state index is 14.2. The van der Waals surface area contributed by atoms with Gasteiger partial charge in [-0.15, -0.1) is 11.3 Å². The summed E-state index contributed by atoms with van der Waals surface area (Å²) in [7, 11) is 0. The molecule has 1 aromatic carbocycles. The summed E-state index contributed by atoms with van der Waals surface area (Å²) in [5.74, 6) is -0.160. The Kier molecular flexibility index (Phi) is 5.02. The van der Waals surface area contributed by atoms with Gasteiger partial charge < -0.3 is 10.1 Å². The Hall–Kier alpha value is -0.970. The van der Waals surface area contributed by atoms with Gasteiger partial charge in [0.15, 0.2) is 0 Å². The predicted octanol–water partition coefficient (Wildman–Crippen LogP) is 4.85. The molecule has 1 heterocycles. The van der Waals surface area contributed by atoms with E-state index in [-0.39, 0.29) is 11.4 Å². The van der Waals surface area contributed by atoms with E-state index in [1.54, 1.807) is 17.4 Å². The lowest BCUT2D eigenvalue weighted by molar-refractivity contribution is -0.0146. The number of nitrogens with one attached hydrogen (secondary N) is 1. The van der Waals surface area contributed by atoms with Crippen molar-refractivity contribution in [2.75, 3.05) is 0 Å². The third-order valence-corrected chi connectivity index (χ3v) is 4.36. The van der Waals surface area contributed by atoms with Gasteiger partial charge in [0.2, 0.25) is 0 Å². The Balaban J connectivity index is 2.38. The van der Waals surface area contributed by atoms with Crippen LogP contribution >= 0.6 is 11.3 Å². The standard InChI is InChI=1S/C17H24FNOS/c1-11(2)19-9-15-12(10-20-17(3,4)5)16-13(18)7-6-8-14(16)21-15/h6-8,11,19H,9-10H2,1-5H3. The number of rotatable bonds is 5. The number of ether oxygens (including phenoxy) is 1. The summed E-state index contributed by atoms with van der Waals surface area (Å²) in [5, 5.41) is 4.13. The van der Waals surface area contributed by atoms with E-state index in [9.17, 15) is 4.39 Å². The van der Waals surface area contributed by atoms with Crippen molar-refractivity contribution in [1.29, 1.82) is 0 Å². The molecule has 0 aliphatic rings. The first-order chi connectivity index (χ1) is 9.78. The van der Waals surface area contributed by atoms with Gasteiger partial charge in [-0.05, 0) is 32.9 Å². The highest BCUT2D eigenvalue weighted by molar-refractivity contribution is 7.19. The van der Waals surface area contributed by atoms with Gasteiger partial charge >= 0.3 is 0 Å². The van der Waals surface area contributed by atoms with Crippen LogP contribution in [0.1, 0.15) is 45.1 Å². The van der Waals surface area contributed by atoms with Crippen LogP contribution < -0.4 is 5.32 Å². The Labute approximate surface area is 130 Å². The van der Waals surface area contributed by atoms with Crippen molar-refractivity contribution in [3.05, 3.63) is 34.5 Å². The second kappa shape index (κ2) is 6.42. The lowest BCUT2D eigenvalue weighted by Gasteiger charge is -2.20. The fraction of sp³-hybridized carbons (Fsp3) is 0.529. The molecule has 0 aliphatic carbocycles. The molecule has 1 N–H and O–H groups in total. The molecule has 0 saturated carbocycles. The van der Waals surface area contributed by atoms with Crippen LogP contribution in [0.15, 0.2) is 18.2 Å². The quantitative estimate of drug-likeness (QED) is 0.852. The van der Waals surface area contributed by atoms with Gasteiger partial charge in [0.25, 0.3) is 0 Å². The molecule has 0 unspecified atom stereocenters. The van der Waals surface area contributed by atoms with Crippen molar-refractivity contribution in [1.82, 2.24) is 5.32 Å². The van der Waals surface area contributed by atoms with Gasteiger partial charge in [0, 0.05) is 33.1 Å². The minimum Gasteiger partial charge on any atom is -0.371 e. The Morgan fingerprint density at radius 3 is 2.62 bits per heavy atom. The van der Waals surface area contributed by atoms with E-state index in [1.165, 1.54) is 6.07 Å². The monoisotopic (exact) mass is 309 g/mol. The smallest absolute Gasteiger partial charge is 0.132 e. The minimum absolute atomic E-state index is 0.160. The van der Waals surface area contributed by atoms with Crippen LogP contribution in [-0.2, 0) is 17.9 Å². The normalized spacial score (nSPS) is 12.5. The molecule has 0 radical (unpaired) electrons. The fourth-order valence-electron chi connectivity index (χ4n) is 2.10. The Bertz CT molecular complexity index is 613. The molecular formula is C17H24FNOS. The number of benzene rings is 1. The van der Waals surface area contributed by atoms with Crippen LogP contribution in [0, 0.1) is 5.82 Å². The van der Waals surface area contributed by atoms with Gasteiger partial charge in [0.05, 0.1) is 12.2 Å². The van der Waals surface area contributed by atoms with Crippen molar-refractivity contribution >= 4 is 21.4 Å². The average Bonchev–Trinajstić information content (AvgIpc) is 2.72. The van der Waals surface area contributed by atoms with E-state index in [1.807, 2.05) is 26.8 Å². The minimum atomic E-state index is -0.234. The molecule has 1 aromatic heterocycles. The van der Waals surface area contributed by atoms with Gasteiger partial charge in [0.1, 0.15) is 5.82 Å². The number of fused-ring (bicyclic) bond motifs is 1. The van der Waals surface area contributed by atoms with Crippen LogP contribution in [-0.4, -0.2) is 11.6 Å².